The van der Waals surface area contributed by atoms with Gasteiger partial charge in [0.25, 0.3) is 5.91 Å². The lowest BCUT2D eigenvalue weighted by molar-refractivity contribution is -0.137. The third-order valence-corrected chi connectivity index (χ3v) is 3.30. The first-order chi connectivity index (χ1) is 10.6. The fourth-order valence-electron chi connectivity index (χ4n) is 2.12. The lowest BCUT2D eigenvalue weighted by Crippen LogP contribution is -2.27. The molecule has 1 amide bonds. The lowest BCUT2D eigenvalue weighted by atomic mass is 10.2. The van der Waals surface area contributed by atoms with Crippen LogP contribution in [0.15, 0.2) is 42.7 Å². The summed E-state index contributed by atoms with van der Waals surface area (Å²) in [6.07, 6.45) is 3.75. The molecule has 0 saturated heterocycles. The van der Waals surface area contributed by atoms with Crippen LogP contribution in [-0.4, -0.2) is 45.3 Å². The first kappa shape index (κ1) is 15.8. The summed E-state index contributed by atoms with van der Waals surface area (Å²) in [5.74, 6) is -0.999. The van der Waals surface area contributed by atoms with Crippen LogP contribution in [0.4, 0.5) is 0 Å². The van der Waals surface area contributed by atoms with Crippen molar-refractivity contribution in [3.05, 3.63) is 53.9 Å². The third kappa shape index (κ3) is 4.44. The van der Waals surface area contributed by atoms with Gasteiger partial charge in [-0.1, -0.05) is 30.3 Å². The SMILES string of the molecule is CN(CCCC(=O)O)C(=O)c1cnn(Cc2ccccc2)c1. The average molecular weight is 301 g/mol. The van der Waals surface area contributed by atoms with Gasteiger partial charge >= 0.3 is 5.97 Å². The second-order valence-electron chi connectivity index (χ2n) is 5.14. The van der Waals surface area contributed by atoms with Gasteiger partial charge < -0.3 is 10.0 Å². The van der Waals surface area contributed by atoms with Gasteiger partial charge in [0.05, 0.1) is 18.3 Å². The van der Waals surface area contributed by atoms with E-state index in [1.54, 1.807) is 24.1 Å². The number of carbonyl (C=O) groups is 2. The van der Waals surface area contributed by atoms with Crippen LogP contribution in [0.2, 0.25) is 0 Å². The predicted octanol–water partition coefficient (Wildman–Crippen LogP) is 1.87. The van der Waals surface area contributed by atoms with Gasteiger partial charge in [0.2, 0.25) is 0 Å². The van der Waals surface area contributed by atoms with E-state index in [2.05, 4.69) is 5.10 Å². The maximum absolute atomic E-state index is 12.2. The van der Waals surface area contributed by atoms with E-state index in [4.69, 9.17) is 5.11 Å². The molecule has 1 heterocycles. The first-order valence-electron chi connectivity index (χ1n) is 7.10. The van der Waals surface area contributed by atoms with Crippen molar-refractivity contribution in [1.29, 1.82) is 0 Å². The molecule has 0 bridgehead atoms. The highest BCUT2D eigenvalue weighted by atomic mass is 16.4. The number of aromatic nitrogens is 2. The minimum absolute atomic E-state index is 0.0604. The Kier molecular flexibility index (Phi) is 5.30. The number of carboxylic acid groups (broad SMARTS) is 1. The molecule has 116 valence electrons. The molecule has 0 fully saturated rings. The van der Waals surface area contributed by atoms with Gasteiger partial charge in [0, 0.05) is 26.2 Å². The fourth-order valence-corrected chi connectivity index (χ4v) is 2.12. The zero-order valence-electron chi connectivity index (χ0n) is 12.5. The number of carboxylic acids is 1. The number of aliphatic carboxylic acids is 1. The molecule has 1 aromatic carbocycles. The smallest absolute Gasteiger partial charge is 0.303 e. The summed E-state index contributed by atoms with van der Waals surface area (Å²) in [6.45, 7) is 1.02. The second-order valence-corrected chi connectivity index (χ2v) is 5.14. The zero-order valence-corrected chi connectivity index (χ0v) is 12.5. The first-order valence-corrected chi connectivity index (χ1v) is 7.10. The molecule has 0 aliphatic heterocycles. The molecular formula is C16H19N3O3. The number of carbonyl (C=O) groups excluding carboxylic acids is 1. The summed E-state index contributed by atoms with van der Waals surface area (Å²) in [4.78, 5) is 24.2. The van der Waals surface area contributed by atoms with E-state index in [9.17, 15) is 9.59 Å². The summed E-state index contributed by atoms with van der Waals surface area (Å²) < 4.78 is 1.72. The summed E-state index contributed by atoms with van der Waals surface area (Å²) >= 11 is 0. The molecule has 0 radical (unpaired) electrons. The summed E-state index contributed by atoms with van der Waals surface area (Å²) in [7, 11) is 1.67. The number of nitrogens with zero attached hydrogens (tertiary/aromatic N) is 3. The fraction of sp³-hybridized carbons (Fsp3) is 0.312. The van der Waals surface area contributed by atoms with Crippen LogP contribution < -0.4 is 0 Å². The third-order valence-electron chi connectivity index (χ3n) is 3.30. The van der Waals surface area contributed by atoms with Crippen molar-refractivity contribution in [2.75, 3.05) is 13.6 Å². The van der Waals surface area contributed by atoms with E-state index in [1.807, 2.05) is 30.3 Å². The van der Waals surface area contributed by atoms with Gasteiger partial charge in [-0.15, -0.1) is 0 Å². The van der Waals surface area contributed by atoms with E-state index in [0.29, 0.717) is 25.1 Å². The molecule has 2 aromatic rings. The monoisotopic (exact) mass is 301 g/mol. The Morgan fingerprint density at radius 3 is 2.68 bits per heavy atom. The molecular weight excluding hydrogens is 282 g/mol. The number of amides is 1. The number of rotatable bonds is 7. The summed E-state index contributed by atoms with van der Waals surface area (Å²) in [5, 5.41) is 12.8. The highest BCUT2D eigenvalue weighted by Gasteiger charge is 2.14. The normalized spacial score (nSPS) is 10.4. The average Bonchev–Trinajstić information content (AvgIpc) is 2.95. The maximum Gasteiger partial charge on any atom is 0.303 e. The molecule has 0 spiro atoms. The Balaban J connectivity index is 1.92. The van der Waals surface area contributed by atoms with Crippen LogP contribution in [0.3, 0.4) is 0 Å². The molecule has 0 aliphatic rings. The van der Waals surface area contributed by atoms with Crippen LogP contribution in [-0.2, 0) is 11.3 Å². The van der Waals surface area contributed by atoms with E-state index in [-0.39, 0.29) is 12.3 Å². The van der Waals surface area contributed by atoms with Crippen molar-refractivity contribution in [2.45, 2.75) is 19.4 Å². The van der Waals surface area contributed by atoms with Crippen LogP contribution >= 0.6 is 0 Å². The summed E-state index contributed by atoms with van der Waals surface area (Å²) in [5.41, 5.74) is 1.62. The van der Waals surface area contributed by atoms with Gasteiger partial charge in [-0.05, 0) is 12.0 Å². The highest BCUT2D eigenvalue weighted by Crippen LogP contribution is 2.07. The molecule has 0 atom stereocenters. The van der Waals surface area contributed by atoms with Gasteiger partial charge in [0.15, 0.2) is 0 Å². The molecule has 0 saturated carbocycles. The molecule has 1 aromatic heterocycles. The number of hydrogen-bond donors (Lipinski definition) is 1. The topological polar surface area (TPSA) is 75.4 Å². The second kappa shape index (κ2) is 7.40. The number of benzene rings is 1. The molecule has 0 unspecified atom stereocenters. The zero-order chi connectivity index (χ0) is 15.9. The highest BCUT2D eigenvalue weighted by molar-refractivity contribution is 5.93. The maximum atomic E-state index is 12.2. The van der Waals surface area contributed by atoms with Crippen molar-refractivity contribution in [3.63, 3.8) is 0 Å². The van der Waals surface area contributed by atoms with Crippen LogP contribution in [0.1, 0.15) is 28.8 Å². The Morgan fingerprint density at radius 1 is 1.27 bits per heavy atom. The standard InChI is InChI=1S/C16H19N3O3/c1-18(9-5-8-15(20)21)16(22)14-10-17-19(12-14)11-13-6-3-2-4-7-13/h2-4,6-7,10,12H,5,8-9,11H2,1H3,(H,20,21). The Bertz CT molecular complexity index is 637. The Morgan fingerprint density at radius 2 is 2.00 bits per heavy atom. The lowest BCUT2D eigenvalue weighted by Gasteiger charge is -2.15. The van der Waals surface area contributed by atoms with E-state index < -0.39 is 5.97 Å². The van der Waals surface area contributed by atoms with Crippen molar-refractivity contribution >= 4 is 11.9 Å². The van der Waals surface area contributed by atoms with Gasteiger partial charge in [0.1, 0.15) is 0 Å². The molecule has 1 N–H and O–H groups in total. The molecule has 22 heavy (non-hydrogen) atoms. The largest absolute Gasteiger partial charge is 0.481 e. The van der Waals surface area contributed by atoms with Crippen LogP contribution in [0.25, 0.3) is 0 Å². The van der Waals surface area contributed by atoms with Crippen molar-refractivity contribution in [3.8, 4) is 0 Å². The van der Waals surface area contributed by atoms with Crippen molar-refractivity contribution in [2.24, 2.45) is 0 Å². The van der Waals surface area contributed by atoms with Gasteiger partial charge in [-0.3, -0.25) is 14.3 Å². The quantitative estimate of drug-likeness (QED) is 0.847. The minimum Gasteiger partial charge on any atom is -0.481 e. The van der Waals surface area contributed by atoms with Crippen molar-refractivity contribution < 1.29 is 14.7 Å². The molecule has 6 nitrogen and oxygen atoms in total. The van der Waals surface area contributed by atoms with Crippen LogP contribution in [0.5, 0.6) is 0 Å². The van der Waals surface area contributed by atoms with E-state index >= 15 is 0 Å². The molecule has 0 aliphatic carbocycles. The Hall–Kier alpha value is -2.63. The molecule has 2 rings (SSSR count). The van der Waals surface area contributed by atoms with Gasteiger partial charge in [-0.25, -0.2) is 0 Å². The molecule has 6 heteroatoms. The van der Waals surface area contributed by atoms with E-state index in [1.165, 1.54) is 4.90 Å². The number of hydrogen-bond acceptors (Lipinski definition) is 3. The van der Waals surface area contributed by atoms with Crippen LogP contribution in [0, 0.1) is 0 Å². The van der Waals surface area contributed by atoms with Gasteiger partial charge in [-0.2, -0.15) is 5.10 Å². The predicted molar refractivity (Wildman–Crippen MR) is 81.6 cm³/mol. The minimum atomic E-state index is -0.850. The van der Waals surface area contributed by atoms with E-state index in [0.717, 1.165) is 5.56 Å². The van der Waals surface area contributed by atoms with Crippen molar-refractivity contribution in [1.82, 2.24) is 14.7 Å². The Labute approximate surface area is 129 Å². The summed E-state index contributed by atoms with van der Waals surface area (Å²) in [6, 6.07) is 9.87.